The maximum absolute atomic E-state index is 12.5. The molecule has 0 rings (SSSR count). The molecule has 0 aromatic carbocycles. The van der Waals surface area contributed by atoms with Gasteiger partial charge in [0.25, 0.3) is 0 Å². The third-order valence-electron chi connectivity index (χ3n) is 9.65. The van der Waals surface area contributed by atoms with Gasteiger partial charge in [0.15, 0.2) is 6.10 Å². The fourth-order valence-electron chi connectivity index (χ4n) is 6.32. The van der Waals surface area contributed by atoms with E-state index < -0.39 is 26.5 Å². The molecule has 10 heteroatoms. The van der Waals surface area contributed by atoms with E-state index in [1.165, 1.54) is 128 Å². The third kappa shape index (κ3) is 40.2. The number of phosphoric ester groups is 1. The molecule has 0 aromatic heterocycles. The van der Waals surface area contributed by atoms with Gasteiger partial charge in [-0.3, -0.25) is 18.6 Å². The number of hydrogen-bond donors (Lipinski definition) is 2. The molecule has 0 amide bonds. The zero-order valence-corrected chi connectivity index (χ0v) is 35.4. The van der Waals surface area contributed by atoms with E-state index in [0.29, 0.717) is 6.42 Å². The van der Waals surface area contributed by atoms with E-state index in [4.69, 9.17) is 24.3 Å². The number of unbranched alkanes of at least 4 members (excludes halogenated alkanes) is 27. The standard InChI is InChI=1S/C43H84NO8P/c1-3-5-7-9-11-13-15-16-17-18-19-20-21-22-23-24-26-27-29-31-33-35-42(45)49-39-41(40-51-53(47,48)50-38-37-44)52-43(46)36-34-32-30-28-25-14-12-10-8-6-4-2/h10,12,41H,3-9,11,13-40,44H2,1-2H3,(H,47,48)/t41-/m1/s1. The molecule has 2 atom stereocenters. The van der Waals surface area contributed by atoms with Crippen molar-refractivity contribution >= 4 is 19.8 Å². The Morgan fingerprint density at radius 3 is 1.40 bits per heavy atom. The zero-order chi connectivity index (χ0) is 38.9. The van der Waals surface area contributed by atoms with Crippen LogP contribution >= 0.6 is 7.82 Å². The van der Waals surface area contributed by atoms with Gasteiger partial charge in [-0.25, -0.2) is 4.57 Å². The molecule has 3 N–H and O–H groups in total. The third-order valence-corrected chi connectivity index (χ3v) is 10.6. The fourth-order valence-corrected chi connectivity index (χ4v) is 7.09. The van der Waals surface area contributed by atoms with Gasteiger partial charge in [-0.1, -0.05) is 187 Å². The van der Waals surface area contributed by atoms with E-state index in [2.05, 4.69) is 26.0 Å². The van der Waals surface area contributed by atoms with Crippen molar-refractivity contribution < 1.29 is 37.6 Å². The van der Waals surface area contributed by atoms with Crippen LogP contribution in [0.15, 0.2) is 12.2 Å². The first-order chi connectivity index (χ1) is 25.8. The Kier molecular flexibility index (Phi) is 39.5. The number of esters is 2. The van der Waals surface area contributed by atoms with Crippen LogP contribution in [-0.2, 0) is 32.7 Å². The summed E-state index contributed by atoms with van der Waals surface area (Å²) in [5.41, 5.74) is 5.34. The van der Waals surface area contributed by atoms with Crippen molar-refractivity contribution in [3.63, 3.8) is 0 Å². The Morgan fingerprint density at radius 2 is 0.943 bits per heavy atom. The molecule has 9 nitrogen and oxygen atoms in total. The summed E-state index contributed by atoms with van der Waals surface area (Å²) in [6.45, 7) is 3.71. The lowest BCUT2D eigenvalue weighted by molar-refractivity contribution is -0.161. The minimum absolute atomic E-state index is 0.0547. The van der Waals surface area contributed by atoms with Crippen LogP contribution in [0.5, 0.6) is 0 Å². The molecular formula is C43H84NO8P. The summed E-state index contributed by atoms with van der Waals surface area (Å²) in [6.07, 6.45) is 41.1. The maximum atomic E-state index is 12.5. The highest BCUT2D eigenvalue weighted by Crippen LogP contribution is 2.43. The number of allylic oxidation sites excluding steroid dienone is 2. The Labute approximate surface area is 326 Å². The number of phosphoric acid groups is 1. The second-order valence-electron chi connectivity index (χ2n) is 14.9. The largest absolute Gasteiger partial charge is 0.472 e. The topological polar surface area (TPSA) is 134 Å². The molecule has 0 spiro atoms. The van der Waals surface area contributed by atoms with Crippen molar-refractivity contribution in [3.8, 4) is 0 Å². The van der Waals surface area contributed by atoms with E-state index in [0.717, 1.165) is 57.8 Å². The summed E-state index contributed by atoms with van der Waals surface area (Å²) in [5.74, 6) is -0.830. The molecule has 0 radical (unpaired) electrons. The number of carbonyl (C=O) groups is 2. The van der Waals surface area contributed by atoms with Gasteiger partial charge in [0, 0.05) is 19.4 Å². The zero-order valence-electron chi connectivity index (χ0n) is 34.5. The Balaban J connectivity index is 4.01. The van der Waals surface area contributed by atoms with E-state index in [9.17, 15) is 19.0 Å². The van der Waals surface area contributed by atoms with E-state index in [-0.39, 0.29) is 38.6 Å². The highest BCUT2D eigenvalue weighted by atomic mass is 31.2. The van der Waals surface area contributed by atoms with Crippen molar-refractivity contribution in [2.45, 2.75) is 225 Å². The molecule has 0 fully saturated rings. The van der Waals surface area contributed by atoms with Gasteiger partial charge in [0.1, 0.15) is 6.61 Å². The number of nitrogens with two attached hydrogens (primary N) is 1. The summed E-state index contributed by atoms with van der Waals surface area (Å²) in [5, 5.41) is 0. The smallest absolute Gasteiger partial charge is 0.462 e. The first kappa shape index (κ1) is 51.8. The quantitative estimate of drug-likeness (QED) is 0.0269. The molecule has 0 aromatic rings. The van der Waals surface area contributed by atoms with Gasteiger partial charge in [0.2, 0.25) is 0 Å². The molecule has 53 heavy (non-hydrogen) atoms. The molecule has 0 aliphatic heterocycles. The van der Waals surface area contributed by atoms with Gasteiger partial charge >= 0.3 is 19.8 Å². The molecule has 0 saturated heterocycles. The predicted molar refractivity (Wildman–Crippen MR) is 220 cm³/mol. The van der Waals surface area contributed by atoms with Crippen LogP contribution in [0.25, 0.3) is 0 Å². The van der Waals surface area contributed by atoms with Gasteiger partial charge < -0.3 is 20.1 Å². The molecule has 0 heterocycles. The number of carbonyl (C=O) groups excluding carboxylic acids is 2. The van der Waals surface area contributed by atoms with Crippen LogP contribution in [-0.4, -0.2) is 49.3 Å². The second kappa shape index (κ2) is 40.4. The minimum atomic E-state index is -4.37. The molecule has 1 unspecified atom stereocenters. The monoisotopic (exact) mass is 774 g/mol. The number of ether oxygens (including phenoxy) is 2. The van der Waals surface area contributed by atoms with Crippen LogP contribution in [0.1, 0.15) is 219 Å². The SMILES string of the molecule is CCCCC=CCCCCCCCC(=O)O[C@H](COC(=O)CCCCCCCCCCCCCCCCCCCCCCC)COP(=O)(O)OCCN. The molecule has 0 bridgehead atoms. The molecule has 314 valence electrons. The Hall–Kier alpha value is -1.25. The van der Waals surface area contributed by atoms with Crippen LogP contribution in [0.4, 0.5) is 0 Å². The van der Waals surface area contributed by atoms with E-state index in [1.807, 2.05) is 0 Å². The van der Waals surface area contributed by atoms with Crippen molar-refractivity contribution in [1.82, 2.24) is 0 Å². The van der Waals surface area contributed by atoms with Crippen LogP contribution in [0.2, 0.25) is 0 Å². The van der Waals surface area contributed by atoms with E-state index >= 15 is 0 Å². The minimum Gasteiger partial charge on any atom is -0.462 e. The lowest BCUT2D eigenvalue weighted by atomic mass is 10.0. The van der Waals surface area contributed by atoms with Crippen LogP contribution in [0, 0.1) is 0 Å². The normalized spacial score (nSPS) is 13.4. The average Bonchev–Trinajstić information content (AvgIpc) is 3.14. The molecule has 0 saturated carbocycles. The van der Waals surface area contributed by atoms with Crippen LogP contribution in [0.3, 0.4) is 0 Å². The van der Waals surface area contributed by atoms with Crippen molar-refractivity contribution in [3.05, 3.63) is 12.2 Å². The van der Waals surface area contributed by atoms with Gasteiger partial charge in [-0.15, -0.1) is 0 Å². The summed E-state index contributed by atoms with van der Waals surface area (Å²) in [7, 11) is -4.37. The number of rotatable bonds is 42. The molecule has 0 aliphatic carbocycles. The fraction of sp³-hybridized carbons (Fsp3) is 0.907. The van der Waals surface area contributed by atoms with Crippen LogP contribution < -0.4 is 5.73 Å². The van der Waals surface area contributed by atoms with Crippen molar-refractivity contribution in [2.75, 3.05) is 26.4 Å². The highest BCUT2D eigenvalue weighted by molar-refractivity contribution is 7.47. The Bertz CT molecular complexity index is 886. The second-order valence-corrected chi connectivity index (χ2v) is 16.4. The van der Waals surface area contributed by atoms with Gasteiger partial charge in [0.05, 0.1) is 13.2 Å². The van der Waals surface area contributed by atoms with Gasteiger partial charge in [-0.05, 0) is 32.1 Å². The first-order valence-electron chi connectivity index (χ1n) is 22.2. The lowest BCUT2D eigenvalue weighted by Gasteiger charge is -2.19. The maximum Gasteiger partial charge on any atom is 0.472 e. The summed E-state index contributed by atoms with van der Waals surface area (Å²) >= 11 is 0. The summed E-state index contributed by atoms with van der Waals surface area (Å²) in [4.78, 5) is 34.8. The highest BCUT2D eigenvalue weighted by Gasteiger charge is 2.26. The average molecular weight is 774 g/mol. The summed E-state index contributed by atoms with van der Waals surface area (Å²) < 4.78 is 32.7. The van der Waals surface area contributed by atoms with E-state index in [1.54, 1.807) is 0 Å². The Morgan fingerprint density at radius 1 is 0.547 bits per heavy atom. The predicted octanol–water partition coefficient (Wildman–Crippen LogP) is 12.6. The lowest BCUT2D eigenvalue weighted by Crippen LogP contribution is -2.29. The van der Waals surface area contributed by atoms with Crippen molar-refractivity contribution in [2.24, 2.45) is 5.73 Å². The first-order valence-corrected chi connectivity index (χ1v) is 23.7. The number of hydrogen-bond acceptors (Lipinski definition) is 8. The summed E-state index contributed by atoms with van der Waals surface area (Å²) in [6, 6.07) is 0. The molecular weight excluding hydrogens is 689 g/mol. The van der Waals surface area contributed by atoms with Crippen molar-refractivity contribution in [1.29, 1.82) is 0 Å². The van der Waals surface area contributed by atoms with Gasteiger partial charge in [-0.2, -0.15) is 0 Å². The molecule has 0 aliphatic rings.